The van der Waals surface area contributed by atoms with E-state index in [-0.39, 0.29) is 10.9 Å². The molecule has 1 N–H and O–H groups in total. The number of furan rings is 1. The minimum atomic E-state index is -0.585. The van der Waals surface area contributed by atoms with E-state index in [1.54, 1.807) is 20.8 Å². The van der Waals surface area contributed by atoms with Crippen molar-refractivity contribution in [3.63, 3.8) is 0 Å². The lowest BCUT2D eigenvalue weighted by Gasteiger charge is -2.16. The molecule has 0 aliphatic carbocycles. The first kappa shape index (κ1) is 17.3. The number of hydrogen-bond donors (Lipinski definition) is 1. The summed E-state index contributed by atoms with van der Waals surface area (Å²) < 4.78 is 19.6. The van der Waals surface area contributed by atoms with Gasteiger partial charge < -0.3 is 9.73 Å². The van der Waals surface area contributed by atoms with Crippen molar-refractivity contribution in [1.29, 1.82) is 0 Å². The first-order valence-electron chi connectivity index (χ1n) is 6.43. The Morgan fingerprint density at radius 3 is 2.45 bits per heavy atom. The lowest BCUT2D eigenvalue weighted by Crippen LogP contribution is -2.27. The Morgan fingerprint density at radius 2 is 1.91 bits per heavy atom. The Hall–Kier alpha value is -1.04. The minimum Gasteiger partial charge on any atom is -0.465 e. The van der Waals surface area contributed by atoms with Gasteiger partial charge in [0.1, 0.15) is 17.3 Å². The van der Waals surface area contributed by atoms with Gasteiger partial charge in [0.25, 0.3) is 5.91 Å². The molecule has 7 heteroatoms. The third-order valence-electron chi connectivity index (χ3n) is 3.27. The molecule has 118 valence electrons. The number of hydrogen-bond acceptors (Lipinski definition) is 2. The maximum absolute atomic E-state index is 13.6. The first-order valence-corrected chi connectivity index (χ1v) is 7.98. The van der Waals surface area contributed by atoms with Crippen LogP contribution >= 0.6 is 39.1 Å². The molecule has 0 aliphatic heterocycles. The van der Waals surface area contributed by atoms with Gasteiger partial charge in [0.15, 0.2) is 0 Å². The average molecular weight is 409 g/mol. The van der Waals surface area contributed by atoms with Gasteiger partial charge >= 0.3 is 0 Å². The minimum absolute atomic E-state index is 0.0590. The van der Waals surface area contributed by atoms with Crippen molar-refractivity contribution < 1.29 is 13.6 Å². The van der Waals surface area contributed by atoms with Crippen LogP contribution in [0.1, 0.15) is 40.4 Å². The van der Waals surface area contributed by atoms with Crippen LogP contribution in [0.3, 0.4) is 0 Å². The normalized spacial score (nSPS) is 12.3. The molecule has 1 aromatic heterocycles. The number of rotatable bonds is 3. The van der Waals surface area contributed by atoms with Crippen LogP contribution in [-0.2, 0) is 0 Å². The van der Waals surface area contributed by atoms with Gasteiger partial charge in [-0.25, -0.2) is 4.39 Å². The Labute approximate surface area is 145 Å². The van der Waals surface area contributed by atoms with E-state index in [2.05, 4.69) is 21.2 Å². The molecule has 1 heterocycles. The summed E-state index contributed by atoms with van der Waals surface area (Å²) in [6.45, 7) is 5.16. The fourth-order valence-electron chi connectivity index (χ4n) is 2.13. The Balaban J connectivity index is 2.27. The van der Waals surface area contributed by atoms with Crippen LogP contribution in [0.2, 0.25) is 10.0 Å². The van der Waals surface area contributed by atoms with Crippen LogP contribution in [0.15, 0.2) is 21.0 Å². The number of benzene rings is 1. The predicted molar refractivity (Wildman–Crippen MR) is 88.2 cm³/mol. The summed E-state index contributed by atoms with van der Waals surface area (Å²) in [5.74, 6) is 0.201. The van der Waals surface area contributed by atoms with Gasteiger partial charge in [-0.1, -0.05) is 23.2 Å². The van der Waals surface area contributed by atoms with Gasteiger partial charge in [-0.3, -0.25) is 4.79 Å². The second-order valence-corrected chi connectivity index (χ2v) is 6.49. The molecular weight excluding hydrogens is 396 g/mol. The van der Waals surface area contributed by atoms with E-state index in [1.165, 1.54) is 12.1 Å². The number of aryl methyl sites for hydroxylation is 2. The monoisotopic (exact) mass is 407 g/mol. The maximum atomic E-state index is 13.6. The highest BCUT2D eigenvalue weighted by molar-refractivity contribution is 9.10. The lowest BCUT2D eigenvalue weighted by atomic mass is 10.1. The summed E-state index contributed by atoms with van der Waals surface area (Å²) in [6.07, 6.45) is 0. The summed E-state index contributed by atoms with van der Waals surface area (Å²) in [4.78, 5) is 12.4. The van der Waals surface area contributed by atoms with Crippen molar-refractivity contribution in [2.45, 2.75) is 26.8 Å². The molecule has 3 nitrogen and oxygen atoms in total. The maximum Gasteiger partial charge on any atom is 0.256 e. The molecule has 0 aliphatic rings. The second kappa shape index (κ2) is 6.60. The highest BCUT2D eigenvalue weighted by Gasteiger charge is 2.22. The average Bonchev–Trinajstić information content (AvgIpc) is 2.67. The molecular formula is C15H13BrCl2FNO2. The second-order valence-electron chi connectivity index (χ2n) is 4.89. The molecule has 1 unspecified atom stereocenters. The summed E-state index contributed by atoms with van der Waals surface area (Å²) in [5.41, 5.74) is 0.862. The van der Waals surface area contributed by atoms with Crippen LogP contribution in [0.5, 0.6) is 0 Å². The molecule has 0 spiro atoms. The smallest absolute Gasteiger partial charge is 0.256 e. The first-order chi connectivity index (χ1) is 10.2. The number of carbonyl (C=O) groups excluding carboxylic acids is 1. The predicted octanol–water partition coefficient (Wildman–Crippen LogP) is 5.60. The Morgan fingerprint density at radius 1 is 1.27 bits per heavy atom. The van der Waals surface area contributed by atoms with Crippen molar-refractivity contribution in [2.24, 2.45) is 0 Å². The molecule has 2 rings (SSSR count). The third-order valence-corrected chi connectivity index (χ3v) is 4.84. The molecule has 1 atom stereocenters. The molecule has 0 fully saturated rings. The molecule has 0 radical (unpaired) electrons. The van der Waals surface area contributed by atoms with E-state index in [0.29, 0.717) is 32.1 Å². The summed E-state index contributed by atoms with van der Waals surface area (Å²) in [6, 6.07) is 2.05. The summed E-state index contributed by atoms with van der Waals surface area (Å²) in [7, 11) is 0. The number of amides is 1. The van der Waals surface area contributed by atoms with Crippen molar-refractivity contribution in [2.75, 3.05) is 0 Å². The van der Waals surface area contributed by atoms with Crippen molar-refractivity contribution in [3.05, 3.63) is 55.1 Å². The zero-order valence-electron chi connectivity index (χ0n) is 12.1. The lowest BCUT2D eigenvalue weighted by molar-refractivity contribution is 0.0937. The van der Waals surface area contributed by atoms with E-state index in [9.17, 15) is 9.18 Å². The van der Waals surface area contributed by atoms with E-state index in [4.69, 9.17) is 27.6 Å². The number of halogens is 4. The van der Waals surface area contributed by atoms with Gasteiger partial charge in [0.05, 0.1) is 21.1 Å². The summed E-state index contributed by atoms with van der Waals surface area (Å²) in [5, 5.41) is 3.00. The molecule has 1 amide bonds. The quantitative estimate of drug-likeness (QED) is 0.672. The number of nitrogens with one attached hydrogen (secondary N) is 1. The van der Waals surface area contributed by atoms with Crippen molar-refractivity contribution in [3.8, 4) is 0 Å². The van der Waals surface area contributed by atoms with Crippen molar-refractivity contribution >= 4 is 45.0 Å². The molecule has 22 heavy (non-hydrogen) atoms. The van der Waals surface area contributed by atoms with Gasteiger partial charge in [0, 0.05) is 5.02 Å². The van der Waals surface area contributed by atoms with E-state index in [1.807, 2.05) is 0 Å². The van der Waals surface area contributed by atoms with Crippen molar-refractivity contribution in [1.82, 2.24) is 5.32 Å². The van der Waals surface area contributed by atoms with E-state index >= 15 is 0 Å². The topological polar surface area (TPSA) is 42.2 Å². The largest absolute Gasteiger partial charge is 0.465 e. The van der Waals surface area contributed by atoms with E-state index in [0.717, 1.165) is 0 Å². The third kappa shape index (κ3) is 3.31. The number of carbonyl (C=O) groups is 1. The molecule has 0 saturated carbocycles. The molecule has 2 aromatic rings. The van der Waals surface area contributed by atoms with Gasteiger partial charge in [-0.05, 0) is 54.4 Å². The molecule has 0 saturated heterocycles. The molecule has 1 aromatic carbocycles. The van der Waals surface area contributed by atoms with Crippen LogP contribution in [0.4, 0.5) is 4.39 Å². The van der Waals surface area contributed by atoms with Gasteiger partial charge in [0.2, 0.25) is 0 Å². The summed E-state index contributed by atoms with van der Waals surface area (Å²) >= 11 is 15.1. The fraction of sp³-hybridized carbons (Fsp3) is 0.267. The standard InChI is InChI=1S/C15H13BrCl2FNO2/c1-6(9-4-12(19)11(18)5-10(9)17)20-15(21)13-7(2)22-8(3)14(13)16/h4-6H,1-3H3,(H,20,21). The van der Waals surface area contributed by atoms with Gasteiger partial charge in [-0.15, -0.1) is 0 Å². The Kier molecular flexibility index (Phi) is 5.20. The van der Waals surface area contributed by atoms with Crippen LogP contribution in [0.25, 0.3) is 0 Å². The Bertz CT molecular complexity index is 746. The van der Waals surface area contributed by atoms with Crippen LogP contribution < -0.4 is 5.32 Å². The molecule has 0 bridgehead atoms. The highest BCUT2D eigenvalue weighted by atomic mass is 79.9. The fourth-order valence-corrected chi connectivity index (χ4v) is 3.22. The highest BCUT2D eigenvalue weighted by Crippen LogP contribution is 2.30. The van der Waals surface area contributed by atoms with Gasteiger partial charge in [-0.2, -0.15) is 0 Å². The van der Waals surface area contributed by atoms with Crippen LogP contribution in [0, 0.1) is 19.7 Å². The zero-order valence-corrected chi connectivity index (χ0v) is 15.2. The van der Waals surface area contributed by atoms with E-state index < -0.39 is 11.9 Å². The van der Waals surface area contributed by atoms with Crippen LogP contribution in [-0.4, -0.2) is 5.91 Å². The zero-order chi connectivity index (χ0) is 16.6. The SMILES string of the molecule is Cc1oc(C)c(C(=O)NC(C)c2cc(F)c(Cl)cc2Cl)c1Br.